The minimum Gasteiger partial charge on any atom is -0.395 e. The number of aliphatic hydroxyl groups is 3. The minimum atomic E-state index is -0.683. The summed E-state index contributed by atoms with van der Waals surface area (Å²) >= 11 is 0. The molecule has 4 saturated carbocycles. The molecule has 0 amide bonds. The van der Waals surface area contributed by atoms with Crippen LogP contribution in [0.15, 0.2) is 0 Å². The Labute approximate surface area is 171 Å². The molecular weight excluding hydrogens is 350 g/mol. The Morgan fingerprint density at radius 2 is 1.54 bits per heavy atom. The van der Waals surface area contributed by atoms with Crippen molar-refractivity contribution >= 4 is 0 Å². The first kappa shape index (κ1) is 21.1. The van der Waals surface area contributed by atoms with Crippen LogP contribution >= 0.6 is 0 Å². The number of hydrogen-bond donors (Lipinski definition) is 3. The van der Waals surface area contributed by atoms with Gasteiger partial charge in [-0.25, -0.2) is 0 Å². The Bertz CT molecular complexity index is 550. The second kappa shape index (κ2) is 7.83. The lowest BCUT2D eigenvalue weighted by atomic mass is 9.44. The molecule has 0 aromatic carbocycles. The zero-order chi connectivity index (χ0) is 20.0. The zero-order valence-corrected chi connectivity index (χ0v) is 18.2. The van der Waals surface area contributed by atoms with Crippen molar-refractivity contribution in [3.63, 3.8) is 0 Å². The number of aliphatic hydroxyl groups excluding tert-OH is 2. The first-order valence-electron chi connectivity index (χ1n) is 12.0. The summed E-state index contributed by atoms with van der Waals surface area (Å²) < 4.78 is 0. The molecule has 4 rings (SSSR count). The van der Waals surface area contributed by atoms with E-state index in [0.29, 0.717) is 31.0 Å². The van der Waals surface area contributed by atoms with Crippen LogP contribution < -0.4 is 0 Å². The molecule has 4 aliphatic rings. The van der Waals surface area contributed by atoms with Crippen molar-refractivity contribution < 1.29 is 15.3 Å². The average Bonchev–Trinajstić information content (AvgIpc) is 2.93. The molecule has 0 saturated heterocycles. The average molecular weight is 394 g/mol. The molecular formula is C24H43NO3. The Kier molecular flexibility index (Phi) is 5.90. The van der Waals surface area contributed by atoms with Gasteiger partial charge in [0.15, 0.2) is 0 Å². The van der Waals surface area contributed by atoms with Gasteiger partial charge in [0, 0.05) is 25.0 Å². The molecule has 4 aliphatic carbocycles. The largest absolute Gasteiger partial charge is 0.395 e. The van der Waals surface area contributed by atoms with Gasteiger partial charge in [0.2, 0.25) is 0 Å². The van der Waals surface area contributed by atoms with Crippen LogP contribution in [0, 0.1) is 34.5 Å². The number of fused-ring (bicyclic) bond motifs is 5. The van der Waals surface area contributed by atoms with Crippen molar-refractivity contribution in [2.45, 2.75) is 83.7 Å². The van der Waals surface area contributed by atoms with Crippen molar-refractivity contribution in [2.75, 3.05) is 32.8 Å². The van der Waals surface area contributed by atoms with E-state index in [1.165, 1.54) is 44.9 Å². The monoisotopic (exact) mass is 393 g/mol. The van der Waals surface area contributed by atoms with Gasteiger partial charge in [-0.2, -0.15) is 0 Å². The molecule has 162 valence electrons. The van der Waals surface area contributed by atoms with Crippen molar-refractivity contribution in [2.24, 2.45) is 34.5 Å². The number of nitrogens with zero attached hydrogens (tertiary/aromatic N) is 1. The lowest BCUT2D eigenvalue weighted by Gasteiger charge is -2.61. The van der Waals surface area contributed by atoms with E-state index in [0.717, 1.165) is 37.0 Å². The van der Waals surface area contributed by atoms with E-state index in [1.54, 1.807) is 0 Å². The maximum atomic E-state index is 11.9. The molecule has 4 heteroatoms. The van der Waals surface area contributed by atoms with Gasteiger partial charge < -0.3 is 15.3 Å². The molecule has 4 fully saturated rings. The second-order valence-corrected chi connectivity index (χ2v) is 11.2. The third kappa shape index (κ3) is 3.18. The number of rotatable bonds is 6. The van der Waals surface area contributed by atoms with Crippen molar-refractivity contribution in [3.05, 3.63) is 0 Å². The molecule has 4 nitrogen and oxygen atoms in total. The topological polar surface area (TPSA) is 63.9 Å². The molecule has 3 N–H and O–H groups in total. The summed E-state index contributed by atoms with van der Waals surface area (Å²) in [6.07, 6.45) is 13.0. The Hall–Kier alpha value is -0.160. The lowest BCUT2D eigenvalue weighted by molar-refractivity contribution is -0.158. The standard InChI is InChI=1S/C24H43NO3/c1-22-10-4-3-5-18(22)6-7-19-20(22)8-11-23(2)21(19)9-12-24(23,28)17-25(13-15-26)14-16-27/h18-21,26-28H,3-17H2,1-2H3/t18-,19-,20+,21-,22+,23+,24-/m1/s1. The van der Waals surface area contributed by atoms with Crippen LogP contribution in [0.2, 0.25) is 0 Å². The summed E-state index contributed by atoms with van der Waals surface area (Å²) in [6.45, 7) is 6.82. The van der Waals surface area contributed by atoms with Gasteiger partial charge >= 0.3 is 0 Å². The summed E-state index contributed by atoms with van der Waals surface area (Å²) in [4.78, 5) is 2.07. The Balaban J connectivity index is 1.54. The maximum Gasteiger partial charge on any atom is 0.0830 e. The van der Waals surface area contributed by atoms with Gasteiger partial charge in [-0.1, -0.05) is 26.7 Å². The zero-order valence-electron chi connectivity index (χ0n) is 18.2. The highest BCUT2D eigenvalue weighted by atomic mass is 16.3. The molecule has 0 unspecified atom stereocenters. The molecule has 0 bridgehead atoms. The van der Waals surface area contributed by atoms with Crippen molar-refractivity contribution in [3.8, 4) is 0 Å². The molecule has 7 atom stereocenters. The predicted octanol–water partition coefficient (Wildman–Crippen LogP) is 3.44. The fourth-order valence-corrected chi connectivity index (χ4v) is 8.59. The van der Waals surface area contributed by atoms with E-state index in [-0.39, 0.29) is 18.6 Å². The highest BCUT2D eigenvalue weighted by Crippen LogP contribution is 2.68. The van der Waals surface area contributed by atoms with Gasteiger partial charge in [-0.05, 0) is 80.5 Å². The minimum absolute atomic E-state index is 0.0187. The summed E-state index contributed by atoms with van der Waals surface area (Å²) in [5.74, 6) is 3.23. The highest BCUT2D eigenvalue weighted by Gasteiger charge is 2.64. The van der Waals surface area contributed by atoms with Crippen LogP contribution in [0.25, 0.3) is 0 Å². The Morgan fingerprint density at radius 3 is 2.25 bits per heavy atom. The van der Waals surface area contributed by atoms with Crippen LogP contribution in [0.1, 0.15) is 78.1 Å². The van der Waals surface area contributed by atoms with Gasteiger partial charge in [-0.3, -0.25) is 4.90 Å². The van der Waals surface area contributed by atoms with Crippen LogP contribution in [-0.2, 0) is 0 Å². The van der Waals surface area contributed by atoms with Gasteiger partial charge in [-0.15, -0.1) is 0 Å². The quantitative estimate of drug-likeness (QED) is 0.647. The van der Waals surface area contributed by atoms with Gasteiger partial charge in [0.1, 0.15) is 0 Å². The van der Waals surface area contributed by atoms with E-state index in [9.17, 15) is 15.3 Å². The van der Waals surface area contributed by atoms with Crippen LogP contribution in [0.5, 0.6) is 0 Å². The number of hydrogen-bond acceptors (Lipinski definition) is 4. The SMILES string of the molecule is C[C@]12CCCC[C@@H]1CC[C@H]1[C@H]3CC[C@@](O)(CN(CCO)CCO)[C@@]3(C)CC[C@@H]12. The van der Waals surface area contributed by atoms with Crippen LogP contribution in [-0.4, -0.2) is 58.7 Å². The third-order valence-corrected chi connectivity index (χ3v) is 10.2. The molecule has 0 radical (unpaired) electrons. The van der Waals surface area contributed by atoms with E-state index < -0.39 is 5.60 Å². The van der Waals surface area contributed by atoms with Gasteiger partial charge in [0.05, 0.1) is 18.8 Å². The molecule has 28 heavy (non-hydrogen) atoms. The molecule has 0 aromatic rings. The van der Waals surface area contributed by atoms with E-state index in [1.807, 2.05) is 0 Å². The van der Waals surface area contributed by atoms with Crippen molar-refractivity contribution in [1.82, 2.24) is 4.90 Å². The first-order chi connectivity index (χ1) is 13.4. The third-order valence-electron chi connectivity index (χ3n) is 10.2. The fraction of sp³-hybridized carbons (Fsp3) is 1.00. The second-order valence-electron chi connectivity index (χ2n) is 11.2. The fourth-order valence-electron chi connectivity index (χ4n) is 8.59. The lowest BCUT2D eigenvalue weighted by Crippen LogP contribution is -2.59. The predicted molar refractivity (Wildman–Crippen MR) is 112 cm³/mol. The molecule has 0 spiro atoms. The molecule has 0 aliphatic heterocycles. The van der Waals surface area contributed by atoms with E-state index in [4.69, 9.17) is 0 Å². The summed E-state index contributed by atoms with van der Waals surface area (Å²) in [5.41, 5.74) is -0.157. The molecule has 0 heterocycles. The smallest absolute Gasteiger partial charge is 0.0830 e. The van der Waals surface area contributed by atoms with Crippen LogP contribution in [0.3, 0.4) is 0 Å². The van der Waals surface area contributed by atoms with Gasteiger partial charge in [0.25, 0.3) is 0 Å². The molecule has 0 aromatic heterocycles. The Morgan fingerprint density at radius 1 is 0.821 bits per heavy atom. The first-order valence-corrected chi connectivity index (χ1v) is 12.0. The summed E-state index contributed by atoms with van der Waals surface area (Å²) in [5, 5.41) is 30.7. The van der Waals surface area contributed by atoms with Crippen molar-refractivity contribution in [1.29, 1.82) is 0 Å². The highest BCUT2D eigenvalue weighted by molar-refractivity contribution is 5.14. The summed E-state index contributed by atoms with van der Waals surface area (Å²) in [6, 6.07) is 0. The van der Waals surface area contributed by atoms with E-state index in [2.05, 4.69) is 18.7 Å². The van der Waals surface area contributed by atoms with Crippen LogP contribution in [0.4, 0.5) is 0 Å². The normalized spacial score (nSPS) is 48.2. The summed E-state index contributed by atoms with van der Waals surface area (Å²) in [7, 11) is 0. The van der Waals surface area contributed by atoms with E-state index >= 15 is 0 Å². The maximum absolute atomic E-state index is 11.9.